The lowest BCUT2D eigenvalue weighted by atomic mass is 9.62. The largest absolute Gasteiger partial charge is 0.469 e. The average Bonchev–Trinajstić information content (AvgIpc) is 2.44. The molecule has 2 atom stereocenters. The van der Waals surface area contributed by atoms with Gasteiger partial charge in [0.2, 0.25) is 0 Å². The Labute approximate surface area is 127 Å². The Morgan fingerprint density at radius 1 is 1.05 bits per heavy atom. The molecule has 5 nitrogen and oxygen atoms in total. The third-order valence-electron chi connectivity index (χ3n) is 4.51. The van der Waals surface area contributed by atoms with Gasteiger partial charge in [-0.1, -0.05) is 27.7 Å². The Hall–Kier alpha value is -1.10. The Morgan fingerprint density at radius 3 is 2.05 bits per heavy atom. The molecule has 0 N–H and O–H groups in total. The Morgan fingerprint density at radius 2 is 1.62 bits per heavy atom. The van der Waals surface area contributed by atoms with Crippen LogP contribution in [-0.4, -0.2) is 39.4 Å². The van der Waals surface area contributed by atoms with Crippen LogP contribution in [0.25, 0.3) is 0 Å². The topological polar surface area (TPSA) is 61.8 Å². The maximum Gasteiger partial charge on any atom is 0.314 e. The van der Waals surface area contributed by atoms with Gasteiger partial charge in [-0.25, -0.2) is 0 Å². The van der Waals surface area contributed by atoms with E-state index in [2.05, 4.69) is 13.8 Å². The first-order valence-electron chi connectivity index (χ1n) is 7.48. The lowest BCUT2D eigenvalue weighted by molar-refractivity contribution is -0.190. The van der Waals surface area contributed by atoms with Crippen LogP contribution in [0, 0.1) is 22.7 Å². The van der Waals surface area contributed by atoms with Crippen molar-refractivity contribution in [1.82, 2.24) is 0 Å². The SMILES string of the molecule is COC(=O)C1(CC(C)C)COCC(C(=O)OC)(C(C)C)C1. The highest BCUT2D eigenvalue weighted by Crippen LogP contribution is 2.48. The normalized spacial score (nSPS) is 29.5. The second-order valence-electron chi connectivity index (χ2n) is 6.84. The van der Waals surface area contributed by atoms with Crippen molar-refractivity contribution >= 4 is 11.9 Å². The molecule has 21 heavy (non-hydrogen) atoms. The molecular weight excluding hydrogens is 272 g/mol. The summed E-state index contributed by atoms with van der Waals surface area (Å²) in [6.07, 6.45) is 1.04. The van der Waals surface area contributed by atoms with Crippen molar-refractivity contribution in [2.45, 2.75) is 40.5 Å². The van der Waals surface area contributed by atoms with E-state index in [1.54, 1.807) is 0 Å². The molecule has 2 unspecified atom stereocenters. The standard InChI is InChI=1S/C16H28O5/c1-11(2)7-15(13(17)19-5)8-16(12(3)4,10-21-9-15)14(18)20-6/h11-12H,7-10H2,1-6H3. The summed E-state index contributed by atoms with van der Waals surface area (Å²) in [6, 6.07) is 0. The van der Waals surface area contributed by atoms with Crippen LogP contribution >= 0.6 is 0 Å². The van der Waals surface area contributed by atoms with Crippen LogP contribution in [0.3, 0.4) is 0 Å². The van der Waals surface area contributed by atoms with E-state index in [9.17, 15) is 9.59 Å². The molecule has 1 fully saturated rings. The van der Waals surface area contributed by atoms with Crippen LogP contribution in [0.2, 0.25) is 0 Å². The van der Waals surface area contributed by atoms with Crippen molar-refractivity contribution in [3.8, 4) is 0 Å². The predicted octanol–water partition coefficient (Wildman–Crippen LogP) is 2.43. The van der Waals surface area contributed by atoms with Crippen LogP contribution < -0.4 is 0 Å². The molecule has 1 aliphatic rings. The maximum absolute atomic E-state index is 12.4. The molecule has 1 rings (SSSR count). The predicted molar refractivity (Wildman–Crippen MR) is 78.6 cm³/mol. The van der Waals surface area contributed by atoms with Crippen molar-refractivity contribution in [3.63, 3.8) is 0 Å². The van der Waals surface area contributed by atoms with E-state index in [4.69, 9.17) is 14.2 Å². The van der Waals surface area contributed by atoms with Crippen LogP contribution in [0.4, 0.5) is 0 Å². The second kappa shape index (κ2) is 6.77. The molecule has 0 aromatic carbocycles. The molecule has 1 saturated heterocycles. The van der Waals surface area contributed by atoms with E-state index in [1.165, 1.54) is 14.2 Å². The van der Waals surface area contributed by atoms with Gasteiger partial charge in [-0.2, -0.15) is 0 Å². The van der Waals surface area contributed by atoms with Crippen molar-refractivity contribution in [2.75, 3.05) is 27.4 Å². The van der Waals surface area contributed by atoms with E-state index < -0.39 is 10.8 Å². The fourth-order valence-electron chi connectivity index (χ4n) is 3.42. The van der Waals surface area contributed by atoms with Crippen LogP contribution in [0.1, 0.15) is 40.5 Å². The number of carbonyl (C=O) groups is 2. The second-order valence-corrected chi connectivity index (χ2v) is 6.84. The molecule has 0 spiro atoms. The van der Waals surface area contributed by atoms with Crippen LogP contribution in [-0.2, 0) is 23.8 Å². The number of methoxy groups -OCH3 is 2. The molecule has 0 saturated carbocycles. The molecular formula is C16H28O5. The number of carbonyl (C=O) groups excluding carboxylic acids is 2. The van der Waals surface area contributed by atoms with E-state index in [1.807, 2.05) is 13.8 Å². The minimum Gasteiger partial charge on any atom is -0.469 e. The lowest BCUT2D eigenvalue weighted by Gasteiger charge is -2.46. The van der Waals surface area contributed by atoms with Gasteiger partial charge >= 0.3 is 11.9 Å². The quantitative estimate of drug-likeness (QED) is 0.730. The van der Waals surface area contributed by atoms with Gasteiger partial charge in [0.1, 0.15) is 0 Å². The zero-order valence-electron chi connectivity index (χ0n) is 14.0. The summed E-state index contributed by atoms with van der Waals surface area (Å²) in [5, 5.41) is 0. The first kappa shape index (κ1) is 18.0. The fourth-order valence-corrected chi connectivity index (χ4v) is 3.42. The van der Waals surface area contributed by atoms with Crippen LogP contribution in [0.5, 0.6) is 0 Å². The molecule has 0 bridgehead atoms. The van der Waals surface area contributed by atoms with Gasteiger partial charge in [-0.3, -0.25) is 9.59 Å². The van der Waals surface area contributed by atoms with Crippen molar-refractivity contribution in [3.05, 3.63) is 0 Å². The summed E-state index contributed by atoms with van der Waals surface area (Å²) in [4.78, 5) is 24.8. The third-order valence-corrected chi connectivity index (χ3v) is 4.51. The molecule has 5 heteroatoms. The molecule has 0 radical (unpaired) electrons. The Kier molecular flexibility index (Phi) is 5.79. The van der Waals surface area contributed by atoms with Gasteiger partial charge in [0.15, 0.2) is 0 Å². The molecule has 0 aromatic heterocycles. The zero-order chi connectivity index (χ0) is 16.3. The van der Waals surface area contributed by atoms with Gasteiger partial charge in [0, 0.05) is 0 Å². The van der Waals surface area contributed by atoms with Crippen molar-refractivity contribution < 1.29 is 23.8 Å². The molecule has 122 valence electrons. The van der Waals surface area contributed by atoms with Gasteiger partial charge < -0.3 is 14.2 Å². The van der Waals surface area contributed by atoms with E-state index >= 15 is 0 Å². The Bertz CT molecular complexity index is 390. The maximum atomic E-state index is 12.4. The lowest BCUT2D eigenvalue weighted by Crippen LogP contribution is -2.54. The smallest absolute Gasteiger partial charge is 0.314 e. The average molecular weight is 300 g/mol. The highest BCUT2D eigenvalue weighted by molar-refractivity contribution is 5.82. The number of esters is 2. The molecule has 0 aromatic rings. The Balaban J connectivity index is 3.22. The van der Waals surface area contributed by atoms with Gasteiger partial charge in [0.25, 0.3) is 0 Å². The monoisotopic (exact) mass is 300 g/mol. The van der Waals surface area contributed by atoms with Gasteiger partial charge in [-0.15, -0.1) is 0 Å². The minimum absolute atomic E-state index is 0.0152. The number of hydrogen-bond acceptors (Lipinski definition) is 5. The first-order valence-corrected chi connectivity index (χ1v) is 7.48. The minimum atomic E-state index is -0.796. The number of rotatable bonds is 5. The molecule has 1 aliphatic heterocycles. The van der Waals surface area contributed by atoms with E-state index in [0.717, 1.165) is 0 Å². The highest BCUT2D eigenvalue weighted by atomic mass is 16.5. The number of ether oxygens (including phenoxy) is 3. The zero-order valence-corrected chi connectivity index (χ0v) is 14.0. The summed E-state index contributed by atoms with van der Waals surface area (Å²) < 4.78 is 15.7. The van der Waals surface area contributed by atoms with E-state index in [-0.39, 0.29) is 24.5 Å². The summed E-state index contributed by atoms with van der Waals surface area (Å²) in [6.45, 7) is 8.60. The highest BCUT2D eigenvalue weighted by Gasteiger charge is 2.56. The molecule has 1 heterocycles. The third kappa shape index (κ3) is 3.39. The van der Waals surface area contributed by atoms with E-state index in [0.29, 0.717) is 25.4 Å². The number of hydrogen-bond donors (Lipinski definition) is 0. The molecule has 0 amide bonds. The molecule has 0 aliphatic carbocycles. The van der Waals surface area contributed by atoms with Crippen molar-refractivity contribution in [2.24, 2.45) is 22.7 Å². The fraction of sp³-hybridized carbons (Fsp3) is 0.875. The van der Waals surface area contributed by atoms with Crippen LogP contribution in [0.15, 0.2) is 0 Å². The van der Waals surface area contributed by atoms with Crippen molar-refractivity contribution in [1.29, 1.82) is 0 Å². The summed E-state index contributed by atoms with van der Waals surface area (Å²) in [5.41, 5.74) is -1.57. The van der Waals surface area contributed by atoms with Gasteiger partial charge in [-0.05, 0) is 24.7 Å². The summed E-state index contributed by atoms with van der Waals surface area (Å²) >= 11 is 0. The summed E-state index contributed by atoms with van der Waals surface area (Å²) in [7, 11) is 2.76. The first-order chi connectivity index (χ1) is 9.74. The summed E-state index contributed by atoms with van der Waals surface area (Å²) in [5.74, 6) is -0.297. The van der Waals surface area contributed by atoms with Gasteiger partial charge in [0.05, 0.1) is 38.3 Å².